The molecule has 0 radical (unpaired) electrons. The Labute approximate surface area is 68.9 Å². The molecule has 66 valence electrons. The smallest absolute Gasteiger partial charge is 0.275 e. The van der Waals surface area contributed by atoms with E-state index < -0.39 is 0 Å². The largest absolute Gasteiger partial charge is 0.481 e. The Hall–Kier alpha value is -0.660. The van der Waals surface area contributed by atoms with Crippen LogP contribution in [0, 0.1) is 0 Å². The minimum atomic E-state index is 0.0821. The van der Waals surface area contributed by atoms with E-state index in [1.807, 2.05) is 27.7 Å². The van der Waals surface area contributed by atoms with Crippen LogP contribution in [-0.2, 0) is 4.74 Å². The van der Waals surface area contributed by atoms with Gasteiger partial charge in [-0.25, -0.2) is 0 Å². The highest BCUT2D eigenvalue weighted by atomic mass is 16.6. The third kappa shape index (κ3) is 3.91. The van der Waals surface area contributed by atoms with Gasteiger partial charge in [0.25, 0.3) is 5.95 Å². The Bertz CT molecular complexity index is 130. The van der Waals surface area contributed by atoms with Crippen molar-refractivity contribution < 1.29 is 9.84 Å². The quantitative estimate of drug-likeness (QED) is 0.637. The highest BCUT2D eigenvalue weighted by molar-refractivity contribution is 4.93. The summed E-state index contributed by atoms with van der Waals surface area (Å²) in [6.07, 6.45) is 2.03. The van der Waals surface area contributed by atoms with Gasteiger partial charge in [-0.3, -0.25) is 0 Å². The fourth-order valence-electron chi connectivity index (χ4n) is 0.731. The summed E-state index contributed by atoms with van der Waals surface area (Å²) in [4.78, 5) is 0. The number of aliphatic hydroxyl groups excluding tert-OH is 1. The van der Waals surface area contributed by atoms with Gasteiger partial charge in [-0.15, -0.1) is 0 Å². The van der Waals surface area contributed by atoms with E-state index in [0.29, 0.717) is 0 Å². The minimum absolute atomic E-state index is 0.0821. The Balaban J connectivity index is 3.91. The summed E-state index contributed by atoms with van der Waals surface area (Å²) < 4.78 is 5.25. The number of rotatable bonds is 4. The number of ether oxygens (including phenoxy) is 1. The van der Waals surface area contributed by atoms with Crippen molar-refractivity contribution in [2.75, 3.05) is 0 Å². The van der Waals surface area contributed by atoms with E-state index in [4.69, 9.17) is 4.74 Å². The lowest BCUT2D eigenvalue weighted by Crippen LogP contribution is -2.10. The van der Waals surface area contributed by atoms with E-state index >= 15 is 0 Å². The molecule has 0 fully saturated rings. The predicted octanol–water partition coefficient (Wildman–Crippen LogP) is 3.00. The van der Waals surface area contributed by atoms with Gasteiger partial charge in [0.2, 0.25) is 0 Å². The highest BCUT2D eigenvalue weighted by Crippen LogP contribution is 2.10. The zero-order chi connectivity index (χ0) is 8.85. The van der Waals surface area contributed by atoms with Crippen LogP contribution >= 0.6 is 0 Å². The van der Waals surface area contributed by atoms with Crippen LogP contribution in [0.3, 0.4) is 0 Å². The first-order valence-electron chi connectivity index (χ1n) is 4.14. The van der Waals surface area contributed by atoms with Crippen LogP contribution in [0.25, 0.3) is 0 Å². The van der Waals surface area contributed by atoms with Crippen molar-refractivity contribution in [2.45, 2.75) is 46.6 Å². The first-order chi connectivity index (χ1) is 5.11. The van der Waals surface area contributed by atoms with Crippen molar-refractivity contribution in [3.05, 3.63) is 11.5 Å². The molecule has 11 heavy (non-hydrogen) atoms. The standard InChI is InChI=1S/C9H18O2/c1-5-8(6-2)11-9(10)7(3)4/h8,10H,5-6H2,1-4H3. The zero-order valence-electron chi connectivity index (χ0n) is 7.85. The molecule has 0 heterocycles. The van der Waals surface area contributed by atoms with Crippen LogP contribution in [0.4, 0.5) is 0 Å². The van der Waals surface area contributed by atoms with E-state index in [-0.39, 0.29) is 12.0 Å². The van der Waals surface area contributed by atoms with Gasteiger partial charge in [0.15, 0.2) is 0 Å². The van der Waals surface area contributed by atoms with E-state index in [1.54, 1.807) is 0 Å². The first kappa shape index (κ1) is 10.3. The summed E-state index contributed by atoms with van der Waals surface area (Å²) in [5.74, 6) is 0.0821. The summed E-state index contributed by atoms with van der Waals surface area (Å²) >= 11 is 0. The number of hydrogen-bond donors (Lipinski definition) is 1. The van der Waals surface area contributed by atoms with Crippen molar-refractivity contribution in [3.63, 3.8) is 0 Å². The maximum absolute atomic E-state index is 9.22. The molecule has 0 aromatic heterocycles. The Kier molecular flexibility index (Phi) is 4.75. The van der Waals surface area contributed by atoms with Gasteiger partial charge in [0.1, 0.15) is 6.10 Å². The van der Waals surface area contributed by atoms with Gasteiger partial charge in [-0.05, 0) is 26.7 Å². The van der Waals surface area contributed by atoms with E-state index in [2.05, 4.69) is 0 Å². The minimum Gasteiger partial charge on any atom is -0.481 e. The van der Waals surface area contributed by atoms with Crippen LogP contribution in [0.5, 0.6) is 0 Å². The average Bonchev–Trinajstić information content (AvgIpc) is 1.99. The second kappa shape index (κ2) is 5.05. The van der Waals surface area contributed by atoms with Crippen LogP contribution < -0.4 is 0 Å². The molecular formula is C9H18O2. The number of aliphatic hydroxyl groups is 1. The molecule has 0 aromatic rings. The first-order valence-corrected chi connectivity index (χ1v) is 4.14. The molecule has 0 aliphatic heterocycles. The Morgan fingerprint density at radius 1 is 1.27 bits per heavy atom. The molecule has 2 nitrogen and oxygen atoms in total. The number of allylic oxidation sites excluding steroid dienone is 1. The Morgan fingerprint density at radius 2 is 1.73 bits per heavy atom. The lowest BCUT2D eigenvalue weighted by Gasteiger charge is -2.14. The summed E-state index contributed by atoms with van der Waals surface area (Å²) in [7, 11) is 0. The SMILES string of the molecule is CCC(CC)OC(O)=C(C)C. The van der Waals surface area contributed by atoms with E-state index in [0.717, 1.165) is 18.4 Å². The molecule has 0 unspecified atom stereocenters. The van der Waals surface area contributed by atoms with Gasteiger partial charge in [-0.1, -0.05) is 13.8 Å². The topological polar surface area (TPSA) is 29.5 Å². The normalized spacial score (nSPS) is 9.91. The van der Waals surface area contributed by atoms with Crippen molar-refractivity contribution in [2.24, 2.45) is 0 Å². The second-order valence-electron chi connectivity index (χ2n) is 2.86. The second-order valence-corrected chi connectivity index (χ2v) is 2.86. The fourth-order valence-corrected chi connectivity index (χ4v) is 0.731. The summed E-state index contributed by atoms with van der Waals surface area (Å²) in [6.45, 7) is 7.76. The van der Waals surface area contributed by atoms with Crippen LogP contribution in [0.2, 0.25) is 0 Å². The van der Waals surface area contributed by atoms with Crippen LogP contribution in [0.1, 0.15) is 40.5 Å². The molecule has 1 N–H and O–H groups in total. The molecule has 0 atom stereocenters. The van der Waals surface area contributed by atoms with Crippen molar-refractivity contribution >= 4 is 0 Å². The third-order valence-electron chi connectivity index (χ3n) is 1.62. The fraction of sp³-hybridized carbons (Fsp3) is 0.778. The lowest BCUT2D eigenvalue weighted by atomic mass is 10.2. The molecular weight excluding hydrogens is 140 g/mol. The van der Waals surface area contributed by atoms with Crippen molar-refractivity contribution in [1.82, 2.24) is 0 Å². The highest BCUT2D eigenvalue weighted by Gasteiger charge is 2.06. The lowest BCUT2D eigenvalue weighted by molar-refractivity contribution is 0.0251. The van der Waals surface area contributed by atoms with Crippen molar-refractivity contribution in [1.29, 1.82) is 0 Å². The molecule has 0 saturated heterocycles. The van der Waals surface area contributed by atoms with Gasteiger partial charge in [0.05, 0.1) is 0 Å². The van der Waals surface area contributed by atoms with Gasteiger partial charge < -0.3 is 9.84 Å². The van der Waals surface area contributed by atoms with E-state index in [9.17, 15) is 5.11 Å². The van der Waals surface area contributed by atoms with Crippen molar-refractivity contribution in [3.8, 4) is 0 Å². The molecule has 2 heteroatoms. The zero-order valence-corrected chi connectivity index (χ0v) is 7.85. The molecule has 0 saturated carbocycles. The Morgan fingerprint density at radius 3 is 2.00 bits per heavy atom. The van der Waals surface area contributed by atoms with Crippen LogP contribution in [0.15, 0.2) is 11.5 Å². The summed E-state index contributed by atoms with van der Waals surface area (Å²) in [5, 5.41) is 9.22. The van der Waals surface area contributed by atoms with E-state index in [1.165, 1.54) is 0 Å². The maximum atomic E-state index is 9.22. The average molecular weight is 158 g/mol. The molecule has 0 aromatic carbocycles. The monoisotopic (exact) mass is 158 g/mol. The predicted molar refractivity (Wildman–Crippen MR) is 46.5 cm³/mol. The molecule has 0 aliphatic rings. The summed E-state index contributed by atoms with van der Waals surface area (Å²) in [6, 6.07) is 0. The molecule has 0 rings (SSSR count). The van der Waals surface area contributed by atoms with Gasteiger partial charge in [0, 0.05) is 5.57 Å². The third-order valence-corrected chi connectivity index (χ3v) is 1.62. The van der Waals surface area contributed by atoms with Gasteiger partial charge >= 0.3 is 0 Å². The van der Waals surface area contributed by atoms with Crippen LogP contribution in [-0.4, -0.2) is 11.2 Å². The number of hydrogen-bond acceptors (Lipinski definition) is 2. The molecule has 0 spiro atoms. The molecule has 0 bridgehead atoms. The summed E-state index contributed by atoms with van der Waals surface area (Å²) in [5.41, 5.74) is 0.830. The maximum Gasteiger partial charge on any atom is 0.275 e. The molecule has 0 amide bonds. The van der Waals surface area contributed by atoms with Gasteiger partial charge in [-0.2, -0.15) is 0 Å². The molecule has 0 aliphatic carbocycles.